The number of likely N-dealkylation sites (N-methyl/N-ethyl adjacent to an activating group) is 1. The van der Waals surface area contributed by atoms with Crippen LogP contribution in [0.4, 0.5) is 29.3 Å². The monoisotopic (exact) mass is 734 g/mol. The molecule has 3 amide bonds. The molecule has 0 bridgehead atoms. The lowest BCUT2D eigenvalue weighted by Gasteiger charge is -2.36. The topological polar surface area (TPSA) is 103 Å². The number of anilines is 2. The third-order valence-corrected chi connectivity index (χ3v) is 9.57. The lowest BCUT2D eigenvalue weighted by molar-refractivity contribution is -0.137. The molecule has 4 aromatic rings. The van der Waals surface area contributed by atoms with E-state index in [1.165, 1.54) is 12.1 Å². The summed E-state index contributed by atoms with van der Waals surface area (Å²) in [5, 5.41) is 17.9. The molecule has 1 aliphatic rings. The molecule has 9 nitrogen and oxygen atoms in total. The van der Waals surface area contributed by atoms with Crippen molar-refractivity contribution in [2.24, 2.45) is 5.92 Å². The van der Waals surface area contributed by atoms with E-state index in [-0.39, 0.29) is 42.7 Å². The highest BCUT2D eigenvalue weighted by Gasteiger charge is 2.32. The van der Waals surface area contributed by atoms with Crippen molar-refractivity contribution < 1.29 is 37.3 Å². The number of rotatable bonds is 8. The van der Waals surface area contributed by atoms with E-state index in [0.29, 0.717) is 36.8 Å². The molecular formula is C41H49F3N4O5. The van der Waals surface area contributed by atoms with E-state index < -0.39 is 23.8 Å². The number of aliphatic hydroxyl groups excluding tert-OH is 1. The van der Waals surface area contributed by atoms with Gasteiger partial charge in [0.2, 0.25) is 0 Å². The molecule has 0 aromatic heterocycles. The summed E-state index contributed by atoms with van der Waals surface area (Å²) in [6.07, 6.45) is -2.60. The summed E-state index contributed by atoms with van der Waals surface area (Å²) in [5.41, 5.74) is 1.33. The van der Waals surface area contributed by atoms with Gasteiger partial charge in [-0.25, -0.2) is 4.79 Å². The first-order valence-corrected chi connectivity index (χ1v) is 18.1. The number of carbonyl (C=O) groups is 2. The Morgan fingerprint density at radius 3 is 2.47 bits per heavy atom. The average Bonchev–Trinajstić information content (AvgIpc) is 3.12. The van der Waals surface area contributed by atoms with Crippen molar-refractivity contribution in [1.82, 2.24) is 9.80 Å². The molecule has 53 heavy (non-hydrogen) atoms. The second-order valence-electron chi connectivity index (χ2n) is 14.0. The van der Waals surface area contributed by atoms with Crippen molar-refractivity contribution in [1.29, 1.82) is 0 Å². The van der Waals surface area contributed by atoms with Crippen LogP contribution in [-0.2, 0) is 17.5 Å². The molecule has 0 unspecified atom stereocenters. The van der Waals surface area contributed by atoms with Gasteiger partial charge in [0.1, 0.15) is 5.75 Å². The Balaban J connectivity index is 1.36. The molecule has 5 rings (SSSR count). The minimum Gasteiger partial charge on any atom is -0.490 e. The molecule has 1 heterocycles. The van der Waals surface area contributed by atoms with Gasteiger partial charge in [0, 0.05) is 43.2 Å². The summed E-state index contributed by atoms with van der Waals surface area (Å²) >= 11 is 0. The van der Waals surface area contributed by atoms with Crippen molar-refractivity contribution in [2.75, 3.05) is 44.0 Å². The van der Waals surface area contributed by atoms with E-state index >= 15 is 0 Å². The molecule has 0 saturated carbocycles. The fraction of sp³-hybridized carbons (Fsp3) is 0.415. The number of nitrogens with zero attached hydrogens (tertiary/aromatic N) is 2. The van der Waals surface area contributed by atoms with Crippen LogP contribution in [0.2, 0.25) is 0 Å². The number of fused-ring (bicyclic) bond motifs is 2. The second kappa shape index (κ2) is 17.9. The molecule has 0 fully saturated rings. The molecule has 0 spiro atoms. The number of urea groups is 1. The normalized spacial score (nSPS) is 19.6. The minimum atomic E-state index is -4.40. The summed E-state index contributed by atoms with van der Waals surface area (Å²) in [6, 6.07) is 22.5. The number of carbonyl (C=O) groups excluding carboxylic acids is 2. The minimum absolute atomic E-state index is 0.193. The highest BCUT2D eigenvalue weighted by molar-refractivity contribution is 6.07. The van der Waals surface area contributed by atoms with Gasteiger partial charge in [-0.1, -0.05) is 55.5 Å². The Hall–Kier alpha value is -4.65. The zero-order valence-electron chi connectivity index (χ0n) is 30.7. The second-order valence-corrected chi connectivity index (χ2v) is 14.0. The van der Waals surface area contributed by atoms with Crippen LogP contribution >= 0.6 is 0 Å². The molecule has 1 aliphatic heterocycles. The van der Waals surface area contributed by atoms with Crippen LogP contribution in [0.5, 0.6) is 5.75 Å². The van der Waals surface area contributed by atoms with E-state index in [1.807, 2.05) is 68.3 Å². The number of aliphatic hydroxyl groups is 1. The maximum atomic E-state index is 14.5. The van der Waals surface area contributed by atoms with Crippen LogP contribution in [0, 0.1) is 5.92 Å². The van der Waals surface area contributed by atoms with Crippen molar-refractivity contribution >= 4 is 34.1 Å². The van der Waals surface area contributed by atoms with Gasteiger partial charge >= 0.3 is 12.2 Å². The maximum Gasteiger partial charge on any atom is 0.416 e. The van der Waals surface area contributed by atoms with Crippen molar-refractivity contribution in [3.63, 3.8) is 0 Å². The number of ether oxygens (including phenoxy) is 2. The Kier molecular flexibility index (Phi) is 13.4. The van der Waals surface area contributed by atoms with Crippen LogP contribution in [-0.4, -0.2) is 78.4 Å². The van der Waals surface area contributed by atoms with Gasteiger partial charge in [-0.05, 0) is 87.5 Å². The zero-order valence-corrected chi connectivity index (χ0v) is 30.7. The van der Waals surface area contributed by atoms with E-state index in [0.717, 1.165) is 47.7 Å². The van der Waals surface area contributed by atoms with Gasteiger partial charge in [-0.3, -0.25) is 9.69 Å². The molecule has 0 aliphatic carbocycles. The van der Waals surface area contributed by atoms with Crippen LogP contribution in [0.25, 0.3) is 10.8 Å². The molecule has 12 heteroatoms. The number of benzene rings is 4. The van der Waals surface area contributed by atoms with Crippen molar-refractivity contribution in [3.8, 4) is 5.75 Å². The number of hydrogen-bond acceptors (Lipinski definition) is 6. The van der Waals surface area contributed by atoms with Crippen molar-refractivity contribution in [3.05, 3.63) is 102 Å². The first kappa shape index (κ1) is 39.6. The summed E-state index contributed by atoms with van der Waals surface area (Å²) in [7, 11) is 1.89. The summed E-state index contributed by atoms with van der Waals surface area (Å²) in [4.78, 5) is 31.3. The Morgan fingerprint density at radius 1 is 1.00 bits per heavy atom. The van der Waals surface area contributed by atoms with Crippen LogP contribution in [0.15, 0.2) is 84.9 Å². The third-order valence-electron chi connectivity index (χ3n) is 9.57. The third kappa shape index (κ3) is 10.7. The highest BCUT2D eigenvalue weighted by atomic mass is 19.4. The molecule has 284 valence electrons. The molecule has 0 radical (unpaired) electrons. The SMILES string of the molecule is C[C@H]1CCCCO[C@H](CN(C)Cc2ccc(C(F)(F)F)cc2)[C@@H](C)CN([C@@H](C)CO)C(=O)c2cc(NC(=O)Nc3cccc4ccccc34)ccc2O1. The Bertz CT molecular complexity index is 1830. The molecule has 3 N–H and O–H groups in total. The van der Waals surface area contributed by atoms with E-state index in [2.05, 4.69) is 10.6 Å². The van der Waals surface area contributed by atoms with E-state index in [1.54, 1.807) is 30.0 Å². The molecular weight excluding hydrogens is 685 g/mol. The standard InChI is InChI=1S/C41H49F3N4O5/c1-27-23-48(28(2)26-49)39(50)35-22-33(45-40(51)46-36-14-9-12-31-11-5-6-13-34(31)36)19-20-37(35)53-29(3)10-7-8-21-52-38(27)25-47(4)24-30-15-17-32(18-16-30)41(42,43)44/h5-6,9,11-20,22,27-29,38,49H,7-8,10,21,23-26H2,1-4H3,(H2,45,46,51)/t27-,28-,29-,38+/m0/s1. The number of amides is 3. The van der Waals surface area contributed by atoms with Gasteiger partial charge in [0.15, 0.2) is 0 Å². The van der Waals surface area contributed by atoms with E-state index in [9.17, 15) is 27.9 Å². The summed E-state index contributed by atoms with van der Waals surface area (Å²) in [5.74, 6) is -0.180. The van der Waals surface area contributed by atoms with Gasteiger partial charge in [0.05, 0.1) is 41.7 Å². The lowest BCUT2D eigenvalue weighted by Crippen LogP contribution is -2.47. The number of hydrogen-bond donors (Lipinski definition) is 3. The quantitative estimate of drug-likeness (QED) is 0.168. The fourth-order valence-corrected chi connectivity index (χ4v) is 6.56. The zero-order chi connectivity index (χ0) is 38.1. The van der Waals surface area contributed by atoms with Crippen molar-refractivity contribution in [2.45, 2.75) is 71.0 Å². The van der Waals surface area contributed by atoms with Gasteiger partial charge in [0.25, 0.3) is 5.91 Å². The molecule has 4 atom stereocenters. The number of nitrogens with one attached hydrogen (secondary N) is 2. The first-order chi connectivity index (χ1) is 25.3. The highest BCUT2D eigenvalue weighted by Crippen LogP contribution is 2.31. The average molecular weight is 735 g/mol. The lowest BCUT2D eigenvalue weighted by atomic mass is 10.0. The van der Waals surface area contributed by atoms with Gasteiger partial charge in [-0.15, -0.1) is 0 Å². The molecule has 0 saturated heterocycles. The molecule has 4 aromatic carbocycles. The first-order valence-electron chi connectivity index (χ1n) is 18.1. The number of alkyl halides is 3. The smallest absolute Gasteiger partial charge is 0.416 e. The summed E-state index contributed by atoms with van der Waals surface area (Å²) < 4.78 is 52.1. The Morgan fingerprint density at radius 2 is 1.74 bits per heavy atom. The van der Waals surface area contributed by atoms with Crippen LogP contribution < -0.4 is 15.4 Å². The van der Waals surface area contributed by atoms with Gasteiger partial charge in [-0.2, -0.15) is 13.2 Å². The largest absolute Gasteiger partial charge is 0.490 e. The number of halogens is 3. The Labute approximate surface area is 309 Å². The van der Waals surface area contributed by atoms with Crippen LogP contribution in [0.3, 0.4) is 0 Å². The predicted octanol–water partition coefficient (Wildman–Crippen LogP) is 8.43. The predicted molar refractivity (Wildman–Crippen MR) is 201 cm³/mol. The maximum absolute atomic E-state index is 14.5. The van der Waals surface area contributed by atoms with E-state index in [4.69, 9.17) is 9.47 Å². The summed E-state index contributed by atoms with van der Waals surface area (Å²) in [6.45, 7) is 7.03. The fourth-order valence-electron chi connectivity index (χ4n) is 6.56. The van der Waals surface area contributed by atoms with Crippen LogP contribution in [0.1, 0.15) is 61.5 Å². The van der Waals surface area contributed by atoms with Gasteiger partial charge < -0.3 is 30.1 Å².